The summed E-state index contributed by atoms with van der Waals surface area (Å²) in [5, 5.41) is 0. The monoisotopic (exact) mass is 128 g/mol. The third-order valence-electron chi connectivity index (χ3n) is 1.29. The lowest BCUT2D eigenvalue weighted by Crippen LogP contribution is -1.91. The van der Waals surface area contributed by atoms with Crippen LogP contribution in [0.15, 0.2) is 18.2 Å². The first kappa shape index (κ1) is 5.95. The molecule has 0 heterocycles. The lowest BCUT2D eigenvalue weighted by atomic mass is 11.0. The predicted octanol–water partition coefficient (Wildman–Crippen LogP) is 1.16. The highest BCUT2D eigenvalue weighted by atomic mass is 15.1. The fourth-order valence-corrected chi connectivity index (χ4v) is 0.699. The average molecular weight is 128 g/mol. The number of nitrogen functional groups attached to an aromatic ring is 2. The molecule has 0 radical (unpaired) electrons. The van der Waals surface area contributed by atoms with Crippen molar-refractivity contribution in [3.63, 3.8) is 0 Å². The number of benzene rings is 1. The van der Waals surface area contributed by atoms with E-state index in [1.54, 1.807) is 6.07 Å². The molecule has 48 valence electrons. The van der Waals surface area contributed by atoms with Gasteiger partial charge in [0.2, 0.25) is 0 Å². The van der Waals surface area contributed by atoms with Crippen molar-refractivity contribution < 1.29 is 0 Å². The van der Waals surface area contributed by atoms with Crippen LogP contribution in [0.2, 0.25) is 0 Å². The molecule has 0 aliphatic heterocycles. The zero-order chi connectivity index (χ0) is 6.85. The molecule has 1 rings (SSSR count). The van der Waals surface area contributed by atoms with E-state index in [9.17, 15) is 0 Å². The van der Waals surface area contributed by atoms with Gasteiger partial charge in [0.05, 0.1) is 0 Å². The maximum absolute atomic E-state index is 5.53. The number of anilines is 2. The van der Waals surface area contributed by atoms with E-state index < -0.39 is 0 Å². The normalized spacial score (nSPS) is 9.44. The molecule has 0 bridgehead atoms. The van der Waals surface area contributed by atoms with Crippen LogP contribution in [-0.4, -0.2) is 0 Å². The molecule has 4 N–H and O–H groups in total. The highest BCUT2D eigenvalue weighted by Crippen LogP contribution is 2.12. The summed E-state index contributed by atoms with van der Waals surface area (Å²) in [4.78, 5) is 0. The maximum atomic E-state index is 5.53. The van der Waals surface area contributed by atoms with Crippen LogP contribution in [0.5, 0.6) is 0 Å². The Morgan fingerprint density at radius 3 is 2.33 bits per heavy atom. The van der Waals surface area contributed by atoms with Crippen LogP contribution < -0.4 is 11.5 Å². The third kappa shape index (κ3) is 1.13. The number of nitrogens with two attached hydrogens (primary N) is 2. The zero-order valence-corrected chi connectivity index (χ0v) is 5.39. The molecule has 1 aromatic carbocycles. The second kappa shape index (κ2) is 1.97. The van der Waals surface area contributed by atoms with Crippen molar-refractivity contribution >= 4 is 11.4 Å². The standard InChI is InChI=1S/C7H10N2/c1-5-4-6(8)2-3-7(5)9/h2-4H,8-9H2,1H3/i2+1,3+1,4+1,5+1,6+1,7+1. The molecule has 0 saturated carbocycles. The van der Waals surface area contributed by atoms with E-state index in [0.717, 1.165) is 16.9 Å². The lowest BCUT2D eigenvalue weighted by molar-refractivity contribution is 1.47. The van der Waals surface area contributed by atoms with Crippen molar-refractivity contribution in [2.24, 2.45) is 0 Å². The highest BCUT2D eigenvalue weighted by Gasteiger charge is 1.90. The summed E-state index contributed by atoms with van der Waals surface area (Å²) in [6, 6.07) is 5.46. The van der Waals surface area contributed by atoms with E-state index in [-0.39, 0.29) is 0 Å². The van der Waals surface area contributed by atoms with Gasteiger partial charge in [-0.3, -0.25) is 0 Å². The molecule has 0 aliphatic carbocycles. The van der Waals surface area contributed by atoms with Gasteiger partial charge >= 0.3 is 0 Å². The Labute approximate surface area is 54.5 Å². The van der Waals surface area contributed by atoms with E-state index in [4.69, 9.17) is 11.5 Å². The number of hydrogen-bond donors (Lipinski definition) is 2. The van der Waals surface area contributed by atoms with E-state index in [1.807, 2.05) is 19.1 Å². The van der Waals surface area contributed by atoms with Crippen molar-refractivity contribution in [2.45, 2.75) is 6.92 Å². The minimum atomic E-state index is 0.765. The van der Waals surface area contributed by atoms with Crippen LogP contribution in [0.1, 0.15) is 5.56 Å². The van der Waals surface area contributed by atoms with Gasteiger partial charge in [0, 0.05) is 11.4 Å². The van der Waals surface area contributed by atoms with Crippen molar-refractivity contribution in [2.75, 3.05) is 11.5 Å². The molecule has 0 saturated heterocycles. The lowest BCUT2D eigenvalue weighted by Gasteiger charge is -1.98. The van der Waals surface area contributed by atoms with Gasteiger partial charge in [-0.1, -0.05) is 0 Å². The van der Waals surface area contributed by atoms with Crippen molar-refractivity contribution in [3.8, 4) is 0 Å². The first-order valence-electron chi connectivity index (χ1n) is 2.82. The molecule has 0 spiro atoms. The molecule has 0 atom stereocenters. The molecule has 0 aliphatic rings. The van der Waals surface area contributed by atoms with E-state index in [2.05, 4.69) is 0 Å². The molecule has 0 unspecified atom stereocenters. The van der Waals surface area contributed by atoms with Gasteiger partial charge < -0.3 is 11.5 Å². The van der Waals surface area contributed by atoms with Crippen LogP contribution >= 0.6 is 0 Å². The van der Waals surface area contributed by atoms with Gasteiger partial charge in [-0.2, -0.15) is 0 Å². The summed E-state index contributed by atoms with van der Waals surface area (Å²) < 4.78 is 0. The second-order valence-electron chi connectivity index (χ2n) is 2.12. The summed E-state index contributed by atoms with van der Waals surface area (Å²) in [5.74, 6) is 0. The molecular formula is C7H10N2. The van der Waals surface area contributed by atoms with Gasteiger partial charge in [0.1, 0.15) is 0 Å². The summed E-state index contributed by atoms with van der Waals surface area (Å²) in [5.41, 5.74) is 13.6. The number of hydrogen-bond acceptors (Lipinski definition) is 2. The Bertz CT molecular complexity index is 218. The Morgan fingerprint density at radius 1 is 1.22 bits per heavy atom. The largest absolute Gasteiger partial charge is 0.399 e. The number of aryl methyl sites for hydroxylation is 1. The summed E-state index contributed by atoms with van der Waals surface area (Å²) in [6.07, 6.45) is 0. The molecule has 2 heteroatoms. The Morgan fingerprint density at radius 2 is 1.89 bits per heavy atom. The van der Waals surface area contributed by atoms with Gasteiger partial charge in [-0.15, -0.1) is 0 Å². The smallest absolute Gasteiger partial charge is 0.0345 e. The van der Waals surface area contributed by atoms with Gasteiger partial charge in [-0.25, -0.2) is 0 Å². The van der Waals surface area contributed by atoms with Crippen molar-refractivity contribution in [3.05, 3.63) is 23.8 Å². The maximum Gasteiger partial charge on any atom is 0.0345 e. The fourth-order valence-electron chi connectivity index (χ4n) is 0.699. The molecule has 0 fully saturated rings. The van der Waals surface area contributed by atoms with Crippen molar-refractivity contribution in [1.29, 1.82) is 0 Å². The molecule has 0 aromatic heterocycles. The fraction of sp³-hybridized carbons (Fsp3) is 0.143. The molecule has 2 nitrogen and oxygen atoms in total. The van der Waals surface area contributed by atoms with Gasteiger partial charge in [-0.05, 0) is 30.7 Å². The molecule has 1 aromatic rings. The topological polar surface area (TPSA) is 52.0 Å². The molecule has 0 amide bonds. The zero-order valence-electron chi connectivity index (χ0n) is 5.39. The van der Waals surface area contributed by atoms with Crippen LogP contribution in [-0.2, 0) is 0 Å². The third-order valence-corrected chi connectivity index (χ3v) is 1.29. The van der Waals surface area contributed by atoms with Crippen LogP contribution in [0.25, 0.3) is 0 Å². The first-order chi connectivity index (χ1) is 4.20. The first-order valence-corrected chi connectivity index (χ1v) is 2.82. The summed E-state index contributed by atoms with van der Waals surface area (Å²) in [7, 11) is 0. The quantitative estimate of drug-likeness (QED) is 0.515. The minimum absolute atomic E-state index is 0.765. The summed E-state index contributed by atoms with van der Waals surface area (Å²) in [6.45, 7) is 1.94. The van der Waals surface area contributed by atoms with Crippen LogP contribution in [0, 0.1) is 6.92 Å². The SMILES string of the molecule is C[13c]1[13cH][13c](N)[13cH][13cH][13c]1N. The second-order valence-corrected chi connectivity index (χ2v) is 2.12. The predicted molar refractivity (Wildman–Crippen MR) is 40.0 cm³/mol. The Balaban J connectivity index is 3.17. The van der Waals surface area contributed by atoms with Gasteiger partial charge in [0.15, 0.2) is 0 Å². The van der Waals surface area contributed by atoms with E-state index >= 15 is 0 Å². The number of rotatable bonds is 0. The highest BCUT2D eigenvalue weighted by molar-refractivity contribution is 5.54. The summed E-state index contributed by atoms with van der Waals surface area (Å²) >= 11 is 0. The van der Waals surface area contributed by atoms with Gasteiger partial charge in [0.25, 0.3) is 0 Å². The van der Waals surface area contributed by atoms with Crippen molar-refractivity contribution in [1.82, 2.24) is 0 Å². The minimum Gasteiger partial charge on any atom is -0.399 e. The molecular weight excluding hydrogens is 118 g/mol. The van der Waals surface area contributed by atoms with E-state index in [1.165, 1.54) is 0 Å². The van der Waals surface area contributed by atoms with E-state index in [0.29, 0.717) is 0 Å². The molecule has 9 heavy (non-hydrogen) atoms. The average Bonchev–Trinajstić information content (AvgIpc) is 1.80. The Hall–Kier alpha value is -1.18. The Kier molecular flexibility index (Phi) is 1.30. The van der Waals surface area contributed by atoms with Crippen LogP contribution in [0.4, 0.5) is 11.4 Å². The van der Waals surface area contributed by atoms with Crippen LogP contribution in [0.3, 0.4) is 0 Å².